The van der Waals surface area contributed by atoms with Crippen LogP contribution in [0.3, 0.4) is 0 Å². The van der Waals surface area contributed by atoms with Crippen molar-refractivity contribution in [3.8, 4) is 0 Å². The number of hydrogen-bond donors (Lipinski definition) is 2. The molecule has 1 aliphatic heterocycles. The van der Waals surface area contributed by atoms with Gasteiger partial charge >= 0.3 is 12.1 Å². The molecule has 3 aromatic carbocycles. The highest BCUT2D eigenvalue weighted by atomic mass is 19.4. The summed E-state index contributed by atoms with van der Waals surface area (Å²) in [6.07, 6.45) is -2.98. The van der Waals surface area contributed by atoms with Gasteiger partial charge in [-0.3, -0.25) is 9.59 Å². The molecule has 0 spiro atoms. The van der Waals surface area contributed by atoms with Crippen molar-refractivity contribution in [2.45, 2.75) is 37.5 Å². The molecule has 0 aromatic heterocycles. The van der Waals surface area contributed by atoms with E-state index in [1.165, 1.54) is 29.2 Å². The van der Waals surface area contributed by atoms with E-state index in [4.69, 9.17) is 5.11 Å². The maximum Gasteiger partial charge on any atom is 0.416 e. The summed E-state index contributed by atoms with van der Waals surface area (Å²) in [5.74, 6) is -1.65. The summed E-state index contributed by atoms with van der Waals surface area (Å²) in [6.45, 7) is 0.0378. The minimum atomic E-state index is -4.45. The summed E-state index contributed by atoms with van der Waals surface area (Å²) in [6, 6.07) is 16.0. The van der Waals surface area contributed by atoms with Crippen molar-refractivity contribution in [1.29, 1.82) is 0 Å². The molecule has 0 atom stereocenters. The number of alkyl halides is 3. The van der Waals surface area contributed by atoms with Crippen LogP contribution in [0.5, 0.6) is 0 Å². The van der Waals surface area contributed by atoms with Crippen molar-refractivity contribution < 1.29 is 32.7 Å². The Balaban J connectivity index is 1.40. The summed E-state index contributed by atoms with van der Waals surface area (Å²) < 4.78 is 38.7. The molecule has 36 heavy (non-hydrogen) atoms. The Morgan fingerprint density at radius 3 is 2.22 bits per heavy atom. The highest BCUT2D eigenvalue weighted by Crippen LogP contribution is 2.46. The van der Waals surface area contributed by atoms with Crippen LogP contribution in [0.2, 0.25) is 0 Å². The average Bonchev–Trinajstić information content (AvgIpc) is 3.55. The largest absolute Gasteiger partial charge is 0.478 e. The Hall–Kier alpha value is -4.14. The highest BCUT2D eigenvalue weighted by molar-refractivity contribution is 6.10. The summed E-state index contributed by atoms with van der Waals surface area (Å²) in [7, 11) is 0. The molecule has 2 N–H and O–H groups in total. The van der Waals surface area contributed by atoms with Gasteiger partial charge in [0.15, 0.2) is 0 Å². The molecule has 2 aliphatic rings. The lowest BCUT2D eigenvalue weighted by Crippen LogP contribution is -2.36. The SMILES string of the molecule is O=C(O)c1ccc(C2(NC(=O)c3cccc4c3N(Cc3ccc(C(F)(F)F)cc3)C(=O)C4)CC2)cc1. The van der Waals surface area contributed by atoms with Gasteiger partial charge in [0, 0.05) is 0 Å². The van der Waals surface area contributed by atoms with Crippen LogP contribution in [0, 0.1) is 0 Å². The lowest BCUT2D eigenvalue weighted by molar-refractivity contribution is -0.137. The van der Waals surface area contributed by atoms with Crippen molar-refractivity contribution in [3.63, 3.8) is 0 Å². The standard InChI is InChI=1S/C27H21F3N2O4/c28-27(29,30)20-8-4-16(5-9-20)15-32-22(33)14-18-2-1-3-21(23(18)32)24(34)31-26(12-13-26)19-10-6-17(7-11-19)25(35)36/h1-11H,12-15H2,(H,31,34)(H,35,36). The molecule has 1 fully saturated rings. The molecular weight excluding hydrogens is 473 g/mol. The molecular formula is C27H21F3N2O4. The van der Waals surface area contributed by atoms with Gasteiger partial charge in [0.2, 0.25) is 5.91 Å². The zero-order valence-corrected chi connectivity index (χ0v) is 18.9. The van der Waals surface area contributed by atoms with Crippen molar-refractivity contribution in [2.75, 3.05) is 4.90 Å². The van der Waals surface area contributed by atoms with Gasteiger partial charge in [-0.05, 0) is 59.9 Å². The molecule has 3 aromatic rings. The molecule has 184 valence electrons. The third-order valence-electron chi connectivity index (χ3n) is 6.69. The number of aromatic carboxylic acids is 1. The normalized spacial score (nSPS) is 16.0. The molecule has 6 nitrogen and oxygen atoms in total. The first-order chi connectivity index (χ1) is 17.1. The van der Waals surface area contributed by atoms with Gasteiger partial charge in [-0.2, -0.15) is 13.2 Å². The number of nitrogens with zero attached hydrogens (tertiary/aromatic N) is 1. The zero-order chi connectivity index (χ0) is 25.7. The Bertz CT molecular complexity index is 1360. The number of carbonyl (C=O) groups excluding carboxylic acids is 2. The molecule has 1 aliphatic carbocycles. The van der Waals surface area contributed by atoms with E-state index in [2.05, 4.69) is 5.32 Å². The first-order valence-electron chi connectivity index (χ1n) is 11.3. The number of nitrogens with one attached hydrogen (secondary N) is 1. The van der Waals surface area contributed by atoms with Gasteiger partial charge in [-0.1, -0.05) is 36.4 Å². The van der Waals surface area contributed by atoms with Gasteiger partial charge in [0.05, 0.1) is 40.9 Å². The minimum absolute atomic E-state index is 0.0378. The second-order valence-electron chi connectivity index (χ2n) is 9.08. The molecule has 0 bridgehead atoms. The second kappa shape index (κ2) is 8.51. The lowest BCUT2D eigenvalue weighted by Gasteiger charge is -2.23. The van der Waals surface area contributed by atoms with Crippen LogP contribution in [-0.2, 0) is 29.5 Å². The van der Waals surface area contributed by atoms with E-state index < -0.39 is 23.2 Å². The summed E-state index contributed by atoms with van der Waals surface area (Å²) in [4.78, 5) is 38.8. The van der Waals surface area contributed by atoms with E-state index in [1.54, 1.807) is 30.3 Å². The van der Waals surface area contributed by atoms with Gasteiger partial charge in [0.25, 0.3) is 5.91 Å². The molecule has 1 heterocycles. The second-order valence-corrected chi connectivity index (χ2v) is 9.08. The van der Waals surface area contributed by atoms with Crippen LogP contribution in [-0.4, -0.2) is 22.9 Å². The van der Waals surface area contributed by atoms with Crippen molar-refractivity contribution in [1.82, 2.24) is 5.32 Å². The molecule has 2 amide bonds. The van der Waals surface area contributed by atoms with E-state index in [0.29, 0.717) is 35.2 Å². The smallest absolute Gasteiger partial charge is 0.416 e. The van der Waals surface area contributed by atoms with Crippen LogP contribution in [0.25, 0.3) is 0 Å². The number of amides is 2. The molecule has 5 rings (SSSR count). The fourth-order valence-electron chi connectivity index (χ4n) is 4.60. The van der Waals surface area contributed by atoms with Gasteiger partial charge in [-0.15, -0.1) is 0 Å². The van der Waals surface area contributed by atoms with Gasteiger partial charge in [-0.25, -0.2) is 4.79 Å². The number of carbonyl (C=O) groups is 3. The third-order valence-corrected chi connectivity index (χ3v) is 6.69. The Morgan fingerprint density at radius 1 is 0.972 bits per heavy atom. The number of anilines is 1. The predicted octanol–water partition coefficient (Wildman–Crippen LogP) is 4.91. The van der Waals surface area contributed by atoms with Crippen molar-refractivity contribution in [3.05, 3.63) is 100 Å². The van der Waals surface area contributed by atoms with Crippen molar-refractivity contribution >= 4 is 23.5 Å². The van der Waals surface area contributed by atoms with E-state index in [1.807, 2.05) is 0 Å². The minimum Gasteiger partial charge on any atom is -0.478 e. The maximum absolute atomic E-state index is 13.4. The average molecular weight is 494 g/mol. The Morgan fingerprint density at radius 2 is 1.64 bits per heavy atom. The topological polar surface area (TPSA) is 86.7 Å². The first-order valence-corrected chi connectivity index (χ1v) is 11.3. The summed E-state index contributed by atoms with van der Waals surface area (Å²) >= 11 is 0. The van der Waals surface area contributed by atoms with E-state index in [-0.39, 0.29) is 30.3 Å². The van der Waals surface area contributed by atoms with Crippen molar-refractivity contribution in [2.24, 2.45) is 0 Å². The highest BCUT2D eigenvalue weighted by Gasteiger charge is 2.46. The first kappa shape index (κ1) is 23.6. The molecule has 9 heteroatoms. The number of para-hydroxylation sites is 1. The summed E-state index contributed by atoms with van der Waals surface area (Å²) in [5.41, 5.74) is 1.51. The van der Waals surface area contributed by atoms with Gasteiger partial charge in [0.1, 0.15) is 0 Å². The number of halogens is 3. The number of carboxylic acids is 1. The fraction of sp³-hybridized carbons (Fsp3) is 0.222. The molecule has 0 radical (unpaired) electrons. The Labute approximate surface area is 204 Å². The number of carboxylic acid groups (broad SMARTS) is 1. The summed E-state index contributed by atoms with van der Waals surface area (Å²) in [5, 5.41) is 12.2. The number of rotatable bonds is 6. The van der Waals surface area contributed by atoms with Crippen LogP contribution < -0.4 is 10.2 Å². The van der Waals surface area contributed by atoms with Gasteiger partial charge < -0.3 is 15.3 Å². The quantitative estimate of drug-likeness (QED) is 0.510. The Kier molecular flexibility index (Phi) is 5.58. The number of benzene rings is 3. The maximum atomic E-state index is 13.4. The van der Waals surface area contributed by atoms with Crippen LogP contribution in [0.1, 0.15) is 55.8 Å². The van der Waals surface area contributed by atoms with E-state index >= 15 is 0 Å². The number of hydrogen-bond acceptors (Lipinski definition) is 3. The van der Waals surface area contributed by atoms with Crippen LogP contribution >= 0.6 is 0 Å². The van der Waals surface area contributed by atoms with E-state index in [9.17, 15) is 27.6 Å². The van der Waals surface area contributed by atoms with Crippen LogP contribution in [0.15, 0.2) is 66.7 Å². The number of fused-ring (bicyclic) bond motifs is 1. The predicted molar refractivity (Wildman–Crippen MR) is 125 cm³/mol. The molecule has 0 unspecified atom stereocenters. The van der Waals surface area contributed by atoms with E-state index in [0.717, 1.165) is 17.7 Å². The molecule has 0 saturated heterocycles. The molecule has 1 saturated carbocycles. The monoisotopic (exact) mass is 494 g/mol. The third kappa shape index (κ3) is 4.32. The fourth-order valence-corrected chi connectivity index (χ4v) is 4.60. The zero-order valence-electron chi connectivity index (χ0n) is 18.9. The van der Waals surface area contributed by atoms with Crippen LogP contribution in [0.4, 0.5) is 18.9 Å². The lowest BCUT2D eigenvalue weighted by atomic mass is 10.0.